The van der Waals surface area contributed by atoms with Crippen LogP contribution in [-0.4, -0.2) is 33.3 Å². The van der Waals surface area contributed by atoms with Gasteiger partial charge in [-0.2, -0.15) is 0 Å². The van der Waals surface area contributed by atoms with E-state index in [1.54, 1.807) is 13.2 Å². The Morgan fingerprint density at radius 3 is 2.42 bits per heavy atom. The standard InChI is InChI=1S/C20H23ClFN3O/c1-26-20-12-19(17(22)11-18(20)23)25-8-6-24(7-9-25)14-4-5-16(21)15(10-14)13-2-3-13/h4-5,10-13H,2-3,6-9,23H2,1H3. The third kappa shape index (κ3) is 3.28. The van der Waals surface area contributed by atoms with Crippen LogP contribution in [0, 0.1) is 5.82 Å². The van der Waals surface area contributed by atoms with Crippen LogP contribution < -0.4 is 20.3 Å². The van der Waals surface area contributed by atoms with Crippen LogP contribution in [0.2, 0.25) is 5.02 Å². The number of benzene rings is 2. The van der Waals surface area contributed by atoms with E-state index in [-0.39, 0.29) is 5.82 Å². The van der Waals surface area contributed by atoms with E-state index in [9.17, 15) is 4.39 Å². The Morgan fingerprint density at radius 1 is 1.08 bits per heavy atom. The second-order valence-electron chi connectivity index (χ2n) is 7.00. The van der Waals surface area contributed by atoms with Crippen LogP contribution in [0.3, 0.4) is 0 Å². The van der Waals surface area contributed by atoms with E-state index >= 15 is 0 Å². The highest BCUT2D eigenvalue weighted by Crippen LogP contribution is 2.44. The minimum absolute atomic E-state index is 0.306. The van der Waals surface area contributed by atoms with Gasteiger partial charge >= 0.3 is 0 Å². The molecule has 0 aromatic heterocycles. The fourth-order valence-electron chi connectivity index (χ4n) is 3.62. The number of piperazine rings is 1. The highest BCUT2D eigenvalue weighted by molar-refractivity contribution is 6.31. The van der Waals surface area contributed by atoms with Crippen LogP contribution in [0.5, 0.6) is 5.75 Å². The first kappa shape index (κ1) is 17.3. The molecular formula is C20H23ClFN3O. The first-order chi connectivity index (χ1) is 12.6. The van der Waals surface area contributed by atoms with Gasteiger partial charge in [-0.25, -0.2) is 4.39 Å². The molecule has 2 aromatic carbocycles. The van der Waals surface area contributed by atoms with Crippen LogP contribution >= 0.6 is 11.6 Å². The maximum atomic E-state index is 14.4. The van der Waals surface area contributed by atoms with Gasteiger partial charge in [-0.05, 0) is 42.5 Å². The number of rotatable bonds is 4. The summed E-state index contributed by atoms with van der Waals surface area (Å²) in [6.07, 6.45) is 2.46. The topological polar surface area (TPSA) is 41.7 Å². The molecule has 0 radical (unpaired) electrons. The SMILES string of the molecule is COc1cc(N2CCN(c3ccc(Cl)c(C4CC4)c3)CC2)c(F)cc1N. The molecular weight excluding hydrogens is 353 g/mol. The summed E-state index contributed by atoms with van der Waals surface area (Å²) >= 11 is 6.34. The van der Waals surface area contributed by atoms with Crippen molar-refractivity contribution < 1.29 is 9.13 Å². The Bertz CT molecular complexity index is 817. The summed E-state index contributed by atoms with van der Waals surface area (Å²) in [7, 11) is 1.54. The zero-order chi connectivity index (χ0) is 18.3. The van der Waals surface area contributed by atoms with Crippen molar-refractivity contribution in [1.29, 1.82) is 0 Å². The lowest BCUT2D eigenvalue weighted by molar-refractivity contribution is 0.416. The third-order valence-corrected chi connectivity index (χ3v) is 5.63. The van der Waals surface area contributed by atoms with Gasteiger partial charge in [0.1, 0.15) is 11.6 Å². The third-order valence-electron chi connectivity index (χ3n) is 5.28. The van der Waals surface area contributed by atoms with Gasteiger partial charge in [0.25, 0.3) is 0 Å². The highest BCUT2D eigenvalue weighted by atomic mass is 35.5. The average Bonchev–Trinajstić information content (AvgIpc) is 3.48. The van der Waals surface area contributed by atoms with Crippen molar-refractivity contribution in [2.75, 3.05) is 48.8 Å². The van der Waals surface area contributed by atoms with Gasteiger partial charge in [-0.1, -0.05) is 11.6 Å². The molecule has 2 aliphatic rings. The zero-order valence-corrected chi connectivity index (χ0v) is 15.6. The van der Waals surface area contributed by atoms with Crippen molar-refractivity contribution in [2.45, 2.75) is 18.8 Å². The highest BCUT2D eigenvalue weighted by Gasteiger charge is 2.27. The van der Waals surface area contributed by atoms with Gasteiger partial charge in [0.05, 0.1) is 18.5 Å². The van der Waals surface area contributed by atoms with E-state index in [1.807, 2.05) is 11.0 Å². The molecule has 1 aliphatic heterocycles. The van der Waals surface area contributed by atoms with Crippen LogP contribution in [0.25, 0.3) is 0 Å². The lowest BCUT2D eigenvalue weighted by atomic mass is 10.1. The molecule has 138 valence electrons. The van der Waals surface area contributed by atoms with Crippen molar-refractivity contribution in [3.8, 4) is 5.75 Å². The maximum Gasteiger partial charge on any atom is 0.148 e. The number of nitrogens with zero attached hydrogens (tertiary/aromatic N) is 2. The van der Waals surface area contributed by atoms with E-state index in [2.05, 4.69) is 17.0 Å². The van der Waals surface area contributed by atoms with Gasteiger partial charge < -0.3 is 20.3 Å². The number of hydrogen-bond donors (Lipinski definition) is 1. The molecule has 0 spiro atoms. The summed E-state index contributed by atoms with van der Waals surface area (Å²) in [5.74, 6) is 0.829. The van der Waals surface area contributed by atoms with Crippen LogP contribution in [0.15, 0.2) is 30.3 Å². The van der Waals surface area contributed by atoms with Crippen molar-refractivity contribution in [2.24, 2.45) is 0 Å². The van der Waals surface area contributed by atoms with E-state index in [0.717, 1.165) is 31.2 Å². The Balaban J connectivity index is 1.49. The molecule has 1 aliphatic carbocycles. The second kappa shape index (κ2) is 6.88. The first-order valence-corrected chi connectivity index (χ1v) is 9.37. The molecule has 2 N–H and O–H groups in total. The number of ether oxygens (including phenoxy) is 1. The molecule has 1 saturated carbocycles. The first-order valence-electron chi connectivity index (χ1n) is 8.99. The summed E-state index contributed by atoms with van der Waals surface area (Å²) < 4.78 is 19.6. The molecule has 4 nitrogen and oxygen atoms in total. The number of anilines is 3. The average molecular weight is 376 g/mol. The molecule has 6 heteroatoms. The monoisotopic (exact) mass is 375 g/mol. The van der Waals surface area contributed by atoms with E-state index in [0.29, 0.717) is 23.0 Å². The van der Waals surface area contributed by atoms with E-state index < -0.39 is 0 Å². The van der Waals surface area contributed by atoms with Gasteiger partial charge in [0.15, 0.2) is 0 Å². The number of hydrogen-bond acceptors (Lipinski definition) is 4. The predicted octanol–water partition coefficient (Wildman–Crippen LogP) is 4.27. The minimum Gasteiger partial charge on any atom is -0.495 e. The predicted molar refractivity (Wildman–Crippen MR) is 105 cm³/mol. The summed E-state index contributed by atoms with van der Waals surface area (Å²) in [5.41, 5.74) is 9.11. The minimum atomic E-state index is -0.306. The number of nitrogen functional groups attached to an aromatic ring is 1. The van der Waals surface area contributed by atoms with Crippen LogP contribution in [-0.2, 0) is 0 Å². The molecule has 0 unspecified atom stereocenters. The largest absolute Gasteiger partial charge is 0.495 e. The van der Waals surface area contributed by atoms with Crippen molar-refractivity contribution >= 4 is 28.7 Å². The van der Waals surface area contributed by atoms with Gasteiger partial charge in [0, 0.05) is 49.0 Å². The van der Waals surface area contributed by atoms with Gasteiger partial charge in [0.2, 0.25) is 0 Å². The van der Waals surface area contributed by atoms with Crippen molar-refractivity contribution in [3.63, 3.8) is 0 Å². The molecule has 0 amide bonds. The number of nitrogens with two attached hydrogens (primary N) is 1. The number of halogens is 2. The normalized spacial score (nSPS) is 17.5. The molecule has 0 atom stereocenters. The fourth-order valence-corrected chi connectivity index (χ4v) is 3.89. The quantitative estimate of drug-likeness (QED) is 0.810. The summed E-state index contributed by atoms with van der Waals surface area (Å²) in [6.45, 7) is 3.15. The van der Waals surface area contributed by atoms with E-state index in [4.69, 9.17) is 22.1 Å². The van der Waals surface area contributed by atoms with E-state index in [1.165, 1.54) is 30.2 Å². The Labute approximate surface area is 158 Å². The fraction of sp³-hybridized carbons (Fsp3) is 0.400. The van der Waals surface area contributed by atoms with Crippen LogP contribution in [0.4, 0.5) is 21.5 Å². The lowest BCUT2D eigenvalue weighted by Crippen LogP contribution is -2.46. The maximum absolute atomic E-state index is 14.4. The Morgan fingerprint density at radius 2 is 1.77 bits per heavy atom. The second-order valence-corrected chi connectivity index (χ2v) is 7.41. The molecule has 26 heavy (non-hydrogen) atoms. The number of methoxy groups -OCH3 is 1. The summed E-state index contributed by atoms with van der Waals surface area (Å²) in [6, 6.07) is 9.33. The summed E-state index contributed by atoms with van der Waals surface area (Å²) in [5, 5.41) is 0.867. The molecule has 0 bridgehead atoms. The van der Waals surface area contributed by atoms with Crippen LogP contribution in [0.1, 0.15) is 24.3 Å². The molecule has 2 fully saturated rings. The molecule has 4 rings (SSSR count). The van der Waals surface area contributed by atoms with Crippen molar-refractivity contribution in [1.82, 2.24) is 0 Å². The van der Waals surface area contributed by atoms with Gasteiger partial charge in [-0.15, -0.1) is 0 Å². The molecule has 1 heterocycles. The van der Waals surface area contributed by atoms with Gasteiger partial charge in [-0.3, -0.25) is 0 Å². The lowest BCUT2D eigenvalue weighted by Gasteiger charge is -2.37. The molecule has 2 aromatic rings. The molecule has 1 saturated heterocycles. The smallest absolute Gasteiger partial charge is 0.148 e. The Kier molecular flexibility index (Phi) is 4.57. The van der Waals surface area contributed by atoms with Crippen molar-refractivity contribution in [3.05, 3.63) is 46.7 Å². The Hall–Kier alpha value is -2.14. The zero-order valence-electron chi connectivity index (χ0n) is 14.8. The summed E-state index contributed by atoms with van der Waals surface area (Å²) in [4.78, 5) is 4.39.